The first-order chi connectivity index (χ1) is 7.72. The number of fused-ring (bicyclic) bond motifs is 1. The second-order valence-electron chi connectivity index (χ2n) is 3.77. The molecule has 0 saturated heterocycles. The number of aromatic amines is 1. The average molecular weight is 234 g/mol. The lowest BCUT2D eigenvalue weighted by Crippen LogP contribution is -2.26. The molecule has 84 valence electrons. The van der Waals surface area contributed by atoms with Gasteiger partial charge in [-0.15, -0.1) is 0 Å². The fourth-order valence-electron chi connectivity index (χ4n) is 1.73. The zero-order chi connectivity index (χ0) is 11.5. The molecule has 0 aliphatic heterocycles. The summed E-state index contributed by atoms with van der Waals surface area (Å²) in [6, 6.07) is 8.07. The van der Waals surface area contributed by atoms with Gasteiger partial charge in [-0.1, -0.05) is 18.2 Å². The number of hydrogen-bond donors (Lipinski definition) is 2. The van der Waals surface area contributed by atoms with Crippen LogP contribution in [0, 0.1) is 0 Å². The quantitative estimate of drug-likeness (QED) is 0.783. The van der Waals surface area contributed by atoms with Crippen molar-refractivity contribution in [3.8, 4) is 0 Å². The normalized spacial score (nSPS) is 10.6. The molecule has 1 N–H and O–H groups in total. The highest BCUT2D eigenvalue weighted by Gasteiger charge is 2.09. The summed E-state index contributed by atoms with van der Waals surface area (Å²) in [6.07, 6.45) is 1.95. The van der Waals surface area contributed by atoms with Crippen LogP contribution in [0.1, 0.15) is 5.56 Å². The molecule has 16 heavy (non-hydrogen) atoms. The minimum Gasteiger partial charge on any atom is -0.361 e. The number of nitrogens with one attached hydrogen (secondary N) is 1. The van der Waals surface area contributed by atoms with Gasteiger partial charge in [-0.05, 0) is 11.6 Å². The van der Waals surface area contributed by atoms with E-state index < -0.39 is 0 Å². The maximum Gasteiger partial charge on any atom is 0.232 e. The number of benzene rings is 1. The summed E-state index contributed by atoms with van der Waals surface area (Å²) in [6.45, 7) is 0.614. The third kappa shape index (κ3) is 2.07. The van der Waals surface area contributed by atoms with Crippen molar-refractivity contribution in [2.24, 2.45) is 0 Å². The molecule has 0 spiro atoms. The molecule has 1 heterocycles. The lowest BCUT2D eigenvalue weighted by molar-refractivity contribution is -0.127. The van der Waals surface area contributed by atoms with Gasteiger partial charge < -0.3 is 9.88 Å². The molecule has 0 fully saturated rings. The molecule has 4 heteroatoms. The topological polar surface area (TPSA) is 36.1 Å². The summed E-state index contributed by atoms with van der Waals surface area (Å²) >= 11 is 3.98. The fraction of sp³-hybridized carbons (Fsp3) is 0.250. The van der Waals surface area contributed by atoms with Crippen molar-refractivity contribution in [2.75, 3.05) is 12.8 Å². The second kappa shape index (κ2) is 4.61. The number of H-pyrrole nitrogens is 1. The van der Waals surface area contributed by atoms with Crippen molar-refractivity contribution in [1.29, 1.82) is 0 Å². The van der Waals surface area contributed by atoms with Crippen LogP contribution in [-0.4, -0.2) is 28.6 Å². The van der Waals surface area contributed by atoms with E-state index in [0.717, 1.165) is 11.1 Å². The van der Waals surface area contributed by atoms with E-state index in [9.17, 15) is 4.79 Å². The van der Waals surface area contributed by atoms with Crippen LogP contribution in [0.15, 0.2) is 30.5 Å². The summed E-state index contributed by atoms with van der Waals surface area (Å²) in [4.78, 5) is 16.3. The van der Waals surface area contributed by atoms with Gasteiger partial charge in [0, 0.05) is 30.7 Å². The van der Waals surface area contributed by atoms with Gasteiger partial charge in [-0.3, -0.25) is 4.79 Å². The predicted molar refractivity (Wildman–Crippen MR) is 68.6 cm³/mol. The number of thiol groups is 1. The summed E-state index contributed by atoms with van der Waals surface area (Å²) in [5, 5.41) is 1.17. The van der Waals surface area contributed by atoms with Gasteiger partial charge in [-0.25, -0.2) is 0 Å². The Bertz CT molecular complexity index is 506. The van der Waals surface area contributed by atoms with Crippen LogP contribution in [0.2, 0.25) is 0 Å². The lowest BCUT2D eigenvalue weighted by atomic mass is 10.1. The Hall–Kier alpha value is -1.42. The van der Waals surface area contributed by atoms with E-state index in [2.05, 4.69) is 23.7 Å². The molecule has 2 rings (SSSR count). The molecule has 0 atom stereocenters. The van der Waals surface area contributed by atoms with Crippen LogP contribution < -0.4 is 0 Å². The Kier molecular flexibility index (Phi) is 3.19. The first-order valence-electron chi connectivity index (χ1n) is 5.12. The van der Waals surface area contributed by atoms with Crippen LogP contribution in [0.4, 0.5) is 0 Å². The van der Waals surface area contributed by atoms with Crippen LogP contribution in [0.3, 0.4) is 0 Å². The smallest absolute Gasteiger partial charge is 0.232 e. The van der Waals surface area contributed by atoms with Gasteiger partial charge >= 0.3 is 0 Å². The Morgan fingerprint density at radius 2 is 2.19 bits per heavy atom. The summed E-state index contributed by atoms with van der Waals surface area (Å²) in [5.74, 6) is 0.285. The molecule has 0 aliphatic carbocycles. The Labute approximate surface area is 99.9 Å². The highest BCUT2D eigenvalue weighted by molar-refractivity contribution is 7.81. The Morgan fingerprint density at radius 3 is 2.94 bits per heavy atom. The van der Waals surface area contributed by atoms with Crippen LogP contribution in [0.25, 0.3) is 10.9 Å². The summed E-state index contributed by atoms with van der Waals surface area (Å²) in [5.41, 5.74) is 2.23. The number of hydrogen-bond acceptors (Lipinski definition) is 2. The highest BCUT2D eigenvalue weighted by atomic mass is 32.1. The van der Waals surface area contributed by atoms with Gasteiger partial charge in [0.15, 0.2) is 0 Å². The van der Waals surface area contributed by atoms with E-state index in [4.69, 9.17) is 0 Å². The molecule has 0 aliphatic rings. The Morgan fingerprint density at radius 1 is 1.44 bits per heavy atom. The van der Waals surface area contributed by atoms with Crippen molar-refractivity contribution in [1.82, 2.24) is 9.88 Å². The van der Waals surface area contributed by atoms with E-state index in [1.807, 2.05) is 24.4 Å². The number of rotatable bonds is 3. The van der Waals surface area contributed by atoms with Crippen molar-refractivity contribution in [3.05, 3.63) is 36.0 Å². The maximum absolute atomic E-state index is 11.4. The molecule has 1 aromatic heterocycles. The highest BCUT2D eigenvalue weighted by Crippen LogP contribution is 2.18. The number of nitrogens with zero attached hydrogens (tertiary/aromatic N) is 1. The van der Waals surface area contributed by atoms with Crippen LogP contribution >= 0.6 is 12.6 Å². The van der Waals surface area contributed by atoms with Crippen LogP contribution in [0.5, 0.6) is 0 Å². The number of amides is 1. The SMILES string of the molecule is CN(Cc1c[nH]c2ccccc12)C(=O)CS. The van der Waals surface area contributed by atoms with Gasteiger partial charge in [0.2, 0.25) is 5.91 Å². The molecule has 1 amide bonds. The number of carbonyl (C=O) groups excluding carboxylic acids is 1. The van der Waals surface area contributed by atoms with Gasteiger partial charge in [-0.2, -0.15) is 12.6 Å². The van der Waals surface area contributed by atoms with E-state index in [1.54, 1.807) is 11.9 Å². The number of para-hydroxylation sites is 1. The first-order valence-corrected chi connectivity index (χ1v) is 5.75. The third-order valence-corrected chi connectivity index (χ3v) is 2.91. The number of carbonyl (C=O) groups is 1. The van der Waals surface area contributed by atoms with Gasteiger partial charge in [0.25, 0.3) is 0 Å². The minimum absolute atomic E-state index is 0.0358. The number of aromatic nitrogens is 1. The van der Waals surface area contributed by atoms with Gasteiger partial charge in [0.1, 0.15) is 0 Å². The Balaban J connectivity index is 2.24. The van der Waals surface area contributed by atoms with Crippen molar-refractivity contribution < 1.29 is 4.79 Å². The lowest BCUT2D eigenvalue weighted by Gasteiger charge is -2.15. The zero-order valence-electron chi connectivity index (χ0n) is 9.10. The third-order valence-electron chi connectivity index (χ3n) is 2.64. The molecule has 3 nitrogen and oxygen atoms in total. The van der Waals surface area contributed by atoms with E-state index in [1.165, 1.54) is 5.39 Å². The minimum atomic E-state index is 0.0358. The van der Waals surface area contributed by atoms with E-state index >= 15 is 0 Å². The van der Waals surface area contributed by atoms with Crippen molar-refractivity contribution in [2.45, 2.75) is 6.54 Å². The molecular weight excluding hydrogens is 220 g/mol. The molecule has 2 aromatic rings. The molecule has 0 bridgehead atoms. The summed E-state index contributed by atoms with van der Waals surface area (Å²) in [7, 11) is 1.79. The first kappa shape index (κ1) is 11.1. The molecule has 0 radical (unpaired) electrons. The van der Waals surface area contributed by atoms with E-state index in [0.29, 0.717) is 6.54 Å². The molecular formula is C12H14N2OS. The fourth-order valence-corrected chi connectivity index (χ4v) is 1.97. The van der Waals surface area contributed by atoms with Crippen LogP contribution in [-0.2, 0) is 11.3 Å². The maximum atomic E-state index is 11.4. The van der Waals surface area contributed by atoms with Crippen molar-refractivity contribution in [3.63, 3.8) is 0 Å². The second-order valence-corrected chi connectivity index (χ2v) is 4.08. The van der Waals surface area contributed by atoms with E-state index in [-0.39, 0.29) is 11.7 Å². The largest absolute Gasteiger partial charge is 0.361 e. The molecule has 1 aromatic carbocycles. The summed E-state index contributed by atoms with van der Waals surface area (Å²) < 4.78 is 0. The average Bonchev–Trinajstić information content (AvgIpc) is 2.72. The predicted octanol–water partition coefficient (Wildman–Crippen LogP) is 2.06. The monoisotopic (exact) mass is 234 g/mol. The van der Waals surface area contributed by atoms with Gasteiger partial charge in [0.05, 0.1) is 5.75 Å². The zero-order valence-corrected chi connectivity index (χ0v) is 10.00. The molecule has 0 unspecified atom stereocenters. The van der Waals surface area contributed by atoms with Crippen molar-refractivity contribution >= 4 is 29.4 Å². The molecule has 0 saturated carbocycles. The standard InChI is InChI=1S/C12H14N2OS/c1-14(12(15)8-16)7-9-6-13-11-5-3-2-4-10(9)11/h2-6,13,16H,7-8H2,1H3.